The Hall–Kier alpha value is -4.84. The summed E-state index contributed by atoms with van der Waals surface area (Å²) in [6, 6.07) is 5.66. The number of aromatic hydroxyl groups is 1. The molecule has 4 fully saturated rings. The first kappa shape index (κ1) is 40.0. The molecule has 0 spiro atoms. The average Bonchev–Trinajstić information content (AvgIpc) is 3.57. The second-order valence-corrected chi connectivity index (χ2v) is 16.8. The molecular formula is C44H52F2N6O6. The van der Waals surface area contributed by atoms with Gasteiger partial charge in [0.05, 0.1) is 39.0 Å². The smallest absolute Gasteiger partial charge is 0.319 e. The van der Waals surface area contributed by atoms with E-state index in [-0.39, 0.29) is 87.6 Å². The number of carbonyl (C=O) groups excluding carboxylic acids is 1. The van der Waals surface area contributed by atoms with Crippen molar-refractivity contribution in [2.24, 2.45) is 11.3 Å². The molecule has 0 bridgehead atoms. The van der Waals surface area contributed by atoms with E-state index in [1.54, 1.807) is 11.8 Å². The molecule has 3 saturated heterocycles. The molecular weight excluding hydrogens is 747 g/mol. The van der Waals surface area contributed by atoms with E-state index >= 15 is 8.78 Å². The number of phenols is 1. The van der Waals surface area contributed by atoms with E-state index in [1.165, 1.54) is 31.4 Å². The van der Waals surface area contributed by atoms with Crippen molar-refractivity contribution in [1.29, 1.82) is 0 Å². The van der Waals surface area contributed by atoms with E-state index in [2.05, 4.69) is 15.8 Å². The van der Waals surface area contributed by atoms with Crippen LogP contribution >= 0.6 is 0 Å². The molecule has 4 aliphatic rings. The minimum Gasteiger partial charge on any atom is -0.508 e. The fraction of sp³-hybridized carbons (Fsp3) is 0.545. The fourth-order valence-electron chi connectivity index (χ4n) is 10.0. The number of likely N-dealkylation sites (tertiary alicyclic amines) is 2. The minimum atomic E-state index is -1.26. The molecule has 12 nitrogen and oxygen atoms in total. The summed E-state index contributed by atoms with van der Waals surface area (Å²) >= 11 is 0. The number of amides is 1. The highest BCUT2D eigenvalue weighted by Crippen LogP contribution is 2.49. The van der Waals surface area contributed by atoms with E-state index in [0.29, 0.717) is 36.9 Å². The average molecular weight is 799 g/mol. The number of pyridine rings is 1. The first-order chi connectivity index (χ1) is 27.9. The third-order valence-corrected chi connectivity index (χ3v) is 12.8. The van der Waals surface area contributed by atoms with Gasteiger partial charge in [0.1, 0.15) is 39.6 Å². The predicted octanol–water partition coefficient (Wildman–Crippen LogP) is 6.07. The number of halogens is 2. The first-order valence-corrected chi connectivity index (χ1v) is 20.5. The van der Waals surface area contributed by atoms with Crippen LogP contribution in [0.25, 0.3) is 32.9 Å². The van der Waals surface area contributed by atoms with E-state index in [4.69, 9.17) is 30.6 Å². The Morgan fingerprint density at radius 3 is 2.62 bits per heavy atom. The summed E-state index contributed by atoms with van der Waals surface area (Å²) in [6.45, 7) is 8.36. The zero-order chi connectivity index (χ0) is 40.8. The van der Waals surface area contributed by atoms with E-state index < -0.39 is 17.2 Å². The number of anilines is 1. The normalized spacial score (nSPS) is 24.5. The quantitative estimate of drug-likeness (QED) is 0.191. The summed E-state index contributed by atoms with van der Waals surface area (Å²) in [5, 5.41) is 22.7. The van der Waals surface area contributed by atoms with Crippen molar-refractivity contribution >= 4 is 33.4 Å². The first-order valence-electron chi connectivity index (χ1n) is 20.5. The number of piperidine rings is 2. The van der Waals surface area contributed by atoms with Crippen molar-refractivity contribution < 1.29 is 38.0 Å². The molecule has 4 aromatic rings. The second-order valence-electron chi connectivity index (χ2n) is 16.8. The van der Waals surface area contributed by atoms with Crippen LogP contribution in [-0.2, 0) is 9.53 Å². The summed E-state index contributed by atoms with van der Waals surface area (Å²) in [7, 11) is 1.40. The number of hydrogen-bond donors (Lipinski definition) is 2. The zero-order valence-corrected chi connectivity index (χ0v) is 33.5. The number of hydrogen-bond acceptors (Lipinski definition) is 11. The molecule has 3 atom stereocenters. The maximum Gasteiger partial charge on any atom is 0.319 e. The monoisotopic (exact) mass is 798 g/mol. The van der Waals surface area contributed by atoms with Crippen LogP contribution in [0.15, 0.2) is 24.3 Å². The summed E-state index contributed by atoms with van der Waals surface area (Å²) in [4.78, 5) is 33.0. The Morgan fingerprint density at radius 1 is 1.07 bits per heavy atom. The van der Waals surface area contributed by atoms with Gasteiger partial charge in [-0.25, -0.2) is 13.8 Å². The lowest BCUT2D eigenvalue weighted by Gasteiger charge is -2.47. The van der Waals surface area contributed by atoms with Crippen LogP contribution in [0.4, 0.5) is 14.6 Å². The molecule has 2 N–H and O–H groups in total. The topological polar surface area (TPSA) is 134 Å². The molecule has 14 heteroatoms. The van der Waals surface area contributed by atoms with Crippen LogP contribution in [0.2, 0.25) is 0 Å². The van der Waals surface area contributed by atoms with Crippen molar-refractivity contribution in [3.05, 3.63) is 41.5 Å². The Bertz CT molecular complexity index is 2260. The van der Waals surface area contributed by atoms with Crippen LogP contribution in [0.3, 0.4) is 0 Å². The van der Waals surface area contributed by atoms with Gasteiger partial charge >= 0.3 is 6.01 Å². The molecule has 2 aromatic heterocycles. The molecule has 1 amide bonds. The van der Waals surface area contributed by atoms with E-state index in [9.17, 15) is 15.0 Å². The Morgan fingerprint density at radius 2 is 1.86 bits per heavy atom. The number of aliphatic hydroxyl groups is 1. The van der Waals surface area contributed by atoms with Gasteiger partial charge in [-0.05, 0) is 81.5 Å². The lowest BCUT2D eigenvalue weighted by Crippen LogP contribution is -2.54. The Balaban J connectivity index is 1.18. The largest absolute Gasteiger partial charge is 0.508 e. The SMILES string of the molecule is C#Cc1c(F)ccc2cc(O)cc(-c3nc(OC)c4c(N5CCOCC(C)(O)C5)nc(OCC56CCCC5N(CC5CCN(C(=O)CC)CC5)CCC6)nc4c3F)c12. The summed E-state index contributed by atoms with van der Waals surface area (Å²) in [5.41, 5.74) is -1.85. The molecule has 2 aromatic carbocycles. The highest BCUT2D eigenvalue weighted by molar-refractivity contribution is 6.04. The van der Waals surface area contributed by atoms with Gasteiger partial charge in [-0.3, -0.25) is 9.69 Å². The molecule has 1 saturated carbocycles. The number of methoxy groups -OCH3 is 1. The van der Waals surface area contributed by atoms with Crippen molar-refractivity contribution in [3.63, 3.8) is 0 Å². The van der Waals surface area contributed by atoms with Crippen molar-refractivity contribution in [3.8, 4) is 41.2 Å². The Kier molecular flexibility index (Phi) is 11.1. The summed E-state index contributed by atoms with van der Waals surface area (Å²) in [5.74, 6) is 1.64. The second kappa shape index (κ2) is 16.1. The number of terminal acetylenes is 1. The molecule has 8 rings (SSSR count). The standard InChI is InChI=1S/C44H52F2N6O6/c1-5-30-32(45)11-10-28-21-29(53)22-31(35(28)30)38-37(46)39-36(41(47-38)56-4)40(52-19-20-57-25-43(3,55)24-52)49-42(48-39)58-26-44-14-7-9-33(44)51(16-8-15-44)23-27-12-17-50(18-13-27)34(54)6-2/h1,10-11,21-22,27,33,53,55H,6-9,12-20,23-26H2,2-4H3. The van der Waals surface area contributed by atoms with E-state index in [0.717, 1.165) is 71.1 Å². The molecule has 0 radical (unpaired) electrons. The maximum absolute atomic E-state index is 17.4. The molecule has 58 heavy (non-hydrogen) atoms. The van der Waals surface area contributed by atoms with Gasteiger partial charge < -0.3 is 34.2 Å². The molecule has 1 aliphatic carbocycles. The minimum absolute atomic E-state index is 0.0184. The summed E-state index contributed by atoms with van der Waals surface area (Å²) in [6.07, 6.45) is 13.4. The predicted molar refractivity (Wildman–Crippen MR) is 216 cm³/mol. The van der Waals surface area contributed by atoms with Crippen molar-refractivity contribution in [1.82, 2.24) is 24.8 Å². The van der Waals surface area contributed by atoms with Crippen LogP contribution in [0.1, 0.15) is 70.8 Å². The van der Waals surface area contributed by atoms with Gasteiger partial charge in [-0.1, -0.05) is 25.3 Å². The van der Waals surface area contributed by atoms with Gasteiger partial charge in [0.2, 0.25) is 11.8 Å². The van der Waals surface area contributed by atoms with Gasteiger partial charge in [-0.2, -0.15) is 9.97 Å². The highest BCUT2D eigenvalue weighted by Gasteiger charge is 2.49. The van der Waals surface area contributed by atoms with Gasteiger partial charge in [0, 0.05) is 55.0 Å². The maximum atomic E-state index is 17.4. The third kappa shape index (κ3) is 7.48. The lowest BCUT2D eigenvalue weighted by molar-refractivity contribution is -0.132. The van der Waals surface area contributed by atoms with Crippen molar-refractivity contribution in [2.75, 3.05) is 71.1 Å². The zero-order valence-electron chi connectivity index (χ0n) is 33.5. The number of fused-ring (bicyclic) bond motifs is 3. The number of β-amino-alcohol motifs (C(OH)–C–C–N with tert-alkyl or cyclic N) is 1. The number of phenolic OH excluding ortho intramolecular Hbond substituents is 1. The number of aromatic nitrogens is 3. The van der Waals surface area contributed by atoms with E-state index in [1.807, 2.05) is 11.8 Å². The number of benzene rings is 2. The molecule has 308 valence electrons. The summed E-state index contributed by atoms with van der Waals surface area (Å²) < 4.78 is 50.7. The van der Waals surface area contributed by atoms with Crippen LogP contribution in [-0.4, -0.2) is 119 Å². The highest BCUT2D eigenvalue weighted by atomic mass is 19.1. The molecule has 3 aliphatic heterocycles. The third-order valence-electron chi connectivity index (χ3n) is 12.8. The number of carbonyl (C=O) groups is 1. The van der Waals surface area contributed by atoms with Crippen LogP contribution in [0.5, 0.6) is 17.6 Å². The number of nitrogens with zero attached hydrogens (tertiary/aromatic N) is 6. The van der Waals surface area contributed by atoms with Gasteiger partial charge in [0.15, 0.2) is 5.82 Å². The van der Waals surface area contributed by atoms with Gasteiger partial charge in [0.25, 0.3) is 0 Å². The molecule has 3 unspecified atom stereocenters. The fourth-order valence-corrected chi connectivity index (χ4v) is 10.0. The van der Waals surface area contributed by atoms with Gasteiger partial charge in [-0.15, -0.1) is 6.42 Å². The molecule has 5 heterocycles. The number of rotatable bonds is 9. The van der Waals surface area contributed by atoms with Crippen LogP contribution < -0.4 is 14.4 Å². The lowest BCUT2D eigenvalue weighted by atomic mass is 9.75. The number of ether oxygens (including phenoxy) is 3. The van der Waals surface area contributed by atoms with Crippen LogP contribution in [0, 0.1) is 35.3 Å². The Labute approximate surface area is 337 Å². The van der Waals surface area contributed by atoms with Crippen molar-refractivity contribution in [2.45, 2.75) is 76.9 Å².